The van der Waals surface area contributed by atoms with Crippen LogP contribution >= 0.6 is 0 Å². The summed E-state index contributed by atoms with van der Waals surface area (Å²) in [6.45, 7) is 8.34. The second kappa shape index (κ2) is 7.11. The van der Waals surface area contributed by atoms with E-state index in [1.54, 1.807) is 24.3 Å². The first-order valence-corrected chi connectivity index (χ1v) is 8.95. The van der Waals surface area contributed by atoms with Gasteiger partial charge in [0.1, 0.15) is 0 Å². The van der Waals surface area contributed by atoms with Crippen LogP contribution in [0.3, 0.4) is 0 Å². The third kappa shape index (κ3) is 4.71. The number of hydrogen-bond donors (Lipinski definition) is 2. The molecule has 0 radical (unpaired) electrons. The Morgan fingerprint density at radius 2 is 2.00 bits per heavy atom. The number of sulfonamides is 1. The number of benzene rings is 1. The van der Waals surface area contributed by atoms with E-state index in [1.165, 1.54) is 0 Å². The predicted octanol–water partition coefficient (Wildman–Crippen LogP) is 1.50. The van der Waals surface area contributed by atoms with E-state index in [9.17, 15) is 8.42 Å². The van der Waals surface area contributed by atoms with E-state index < -0.39 is 10.0 Å². The Labute approximate surface area is 132 Å². The zero-order valence-corrected chi connectivity index (χ0v) is 14.2. The van der Waals surface area contributed by atoms with Crippen LogP contribution in [0.2, 0.25) is 0 Å². The van der Waals surface area contributed by atoms with E-state index >= 15 is 0 Å². The molecular formula is C15H24N4O2S. The van der Waals surface area contributed by atoms with Crippen molar-refractivity contribution in [1.29, 1.82) is 0 Å². The Kier molecular flexibility index (Phi) is 5.42. The molecule has 7 heteroatoms. The van der Waals surface area contributed by atoms with E-state index in [0.29, 0.717) is 25.2 Å². The number of guanidine groups is 1. The molecule has 1 aliphatic heterocycles. The zero-order chi connectivity index (χ0) is 16.2. The minimum atomic E-state index is -3.58. The third-order valence-corrected chi connectivity index (χ3v) is 4.84. The van der Waals surface area contributed by atoms with Gasteiger partial charge in [0.25, 0.3) is 10.0 Å². The van der Waals surface area contributed by atoms with Crippen molar-refractivity contribution < 1.29 is 8.42 Å². The van der Waals surface area contributed by atoms with Crippen molar-refractivity contribution in [3.8, 4) is 0 Å². The molecule has 0 unspecified atom stereocenters. The van der Waals surface area contributed by atoms with Crippen molar-refractivity contribution in [3.63, 3.8) is 0 Å². The standard InChI is InChI=1S/C15H24N4O2S/c1-12(2)8-9-19-10-16-15(17-11-19)18-22(20,21)14-6-4-13(3)5-7-14/h4-7,12H,8-11H2,1-3H3,(H2,16,17,18). The van der Waals surface area contributed by atoms with Crippen molar-refractivity contribution >= 4 is 16.0 Å². The van der Waals surface area contributed by atoms with Gasteiger partial charge in [-0.2, -0.15) is 0 Å². The fourth-order valence-electron chi connectivity index (χ4n) is 2.03. The monoisotopic (exact) mass is 324 g/mol. The molecule has 22 heavy (non-hydrogen) atoms. The summed E-state index contributed by atoms with van der Waals surface area (Å²) in [4.78, 5) is 6.64. The number of aryl methyl sites for hydroxylation is 1. The fourth-order valence-corrected chi connectivity index (χ4v) is 3.03. The van der Waals surface area contributed by atoms with Crippen LogP contribution < -0.4 is 10.0 Å². The van der Waals surface area contributed by atoms with E-state index in [0.717, 1.165) is 18.5 Å². The summed E-state index contributed by atoms with van der Waals surface area (Å²) in [5.41, 5.74) is 1.02. The normalized spacial score (nSPS) is 16.3. The second-order valence-corrected chi connectivity index (χ2v) is 7.66. The molecule has 0 spiro atoms. The highest BCUT2D eigenvalue weighted by Crippen LogP contribution is 2.10. The van der Waals surface area contributed by atoms with Gasteiger partial charge in [-0.3, -0.25) is 4.90 Å². The lowest BCUT2D eigenvalue weighted by Crippen LogP contribution is -2.50. The largest absolute Gasteiger partial charge is 0.343 e. The Bertz CT molecular complexity index is 623. The van der Waals surface area contributed by atoms with Gasteiger partial charge in [0, 0.05) is 6.54 Å². The van der Waals surface area contributed by atoms with E-state index in [-0.39, 0.29) is 4.90 Å². The highest BCUT2D eigenvalue weighted by Gasteiger charge is 2.19. The predicted molar refractivity (Wildman–Crippen MR) is 88.0 cm³/mol. The summed E-state index contributed by atoms with van der Waals surface area (Å²) >= 11 is 0. The van der Waals surface area contributed by atoms with Gasteiger partial charge in [0.2, 0.25) is 5.96 Å². The Hall–Kier alpha value is -1.60. The molecule has 0 aliphatic carbocycles. The highest BCUT2D eigenvalue weighted by molar-refractivity contribution is 7.90. The summed E-state index contributed by atoms with van der Waals surface area (Å²) in [5.74, 6) is 0.951. The minimum Gasteiger partial charge on any atom is -0.343 e. The molecular weight excluding hydrogens is 300 g/mol. The third-order valence-electron chi connectivity index (χ3n) is 3.48. The second-order valence-electron chi connectivity index (χ2n) is 5.98. The molecule has 0 saturated carbocycles. The molecule has 0 amide bonds. The molecule has 6 nitrogen and oxygen atoms in total. The van der Waals surface area contributed by atoms with Crippen LogP contribution in [0.4, 0.5) is 0 Å². The maximum atomic E-state index is 12.3. The van der Waals surface area contributed by atoms with E-state index in [4.69, 9.17) is 0 Å². The molecule has 1 heterocycles. The first-order chi connectivity index (χ1) is 10.4. The summed E-state index contributed by atoms with van der Waals surface area (Å²) in [6, 6.07) is 6.74. The molecule has 1 aliphatic rings. The van der Waals surface area contributed by atoms with Gasteiger partial charge in [-0.05, 0) is 31.4 Å². The lowest BCUT2D eigenvalue weighted by atomic mass is 10.1. The SMILES string of the molecule is Cc1ccc(S(=O)(=O)NC2=NCN(CCC(C)C)CN2)cc1. The molecule has 0 saturated heterocycles. The van der Waals surface area contributed by atoms with E-state index in [1.807, 2.05) is 6.92 Å². The lowest BCUT2D eigenvalue weighted by molar-refractivity contribution is 0.248. The van der Waals surface area contributed by atoms with Crippen molar-refractivity contribution in [2.45, 2.75) is 32.1 Å². The van der Waals surface area contributed by atoms with Gasteiger partial charge in [0.15, 0.2) is 0 Å². The number of nitrogens with one attached hydrogen (secondary N) is 2. The highest BCUT2D eigenvalue weighted by atomic mass is 32.2. The summed E-state index contributed by atoms with van der Waals surface area (Å²) < 4.78 is 27.0. The van der Waals surface area contributed by atoms with Gasteiger partial charge in [-0.25, -0.2) is 18.1 Å². The van der Waals surface area contributed by atoms with E-state index in [2.05, 4.69) is 33.8 Å². The lowest BCUT2D eigenvalue weighted by Gasteiger charge is -2.27. The van der Waals surface area contributed by atoms with Crippen LogP contribution in [0.1, 0.15) is 25.8 Å². The maximum absolute atomic E-state index is 12.3. The average molecular weight is 324 g/mol. The van der Waals surface area contributed by atoms with Crippen LogP contribution in [0, 0.1) is 12.8 Å². The Balaban J connectivity index is 1.95. The van der Waals surface area contributed by atoms with Crippen LogP contribution in [-0.2, 0) is 10.0 Å². The van der Waals surface area contributed by atoms with Crippen molar-refractivity contribution in [2.24, 2.45) is 10.9 Å². The Morgan fingerprint density at radius 3 is 2.55 bits per heavy atom. The summed E-state index contributed by atoms with van der Waals surface area (Å²) in [5, 5.41) is 3.02. The summed E-state index contributed by atoms with van der Waals surface area (Å²) in [6.07, 6.45) is 1.10. The zero-order valence-electron chi connectivity index (χ0n) is 13.3. The smallest absolute Gasteiger partial charge is 0.264 e. The first kappa shape index (κ1) is 16.8. The number of rotatable bonds is 5. The quantitative estimate of drug-likeness (QED) is 0.861. The van der Waals surface area contributed by atoms with Gasteiger partial charge in [0.05, 0.1) is 18.2 Å². The minimum absolute atomic E-state index is 0.241. The molecule has 2 rings (SSSR count). The molecule has 0 atom stereocenters. The van der Waals surface area contributed by atoms with Crippen LogP contribution in [0.15, 0.2) is 34.2 Å². The maximum Gasteiger partial charge on any atom is 0.264 e. The van der Waals surface area contributed by atoms with Crippen molar-refractivity contribution in [2.75, 3.05) is 19.9 Å². The molecule has 0 fully saturated rings. The number of hydrogen-bond acceptors (Lipinski definition) is 5. The molecule has 1 aromatic rings. The molecule has 0 aromatic heterocycles. The van der Waals surface area contributed by atoms with Crippen LogP contribution in [0.5, 0.6) is 0 Å². The average Bonchev–Trinajstić information content (AvgIpc) is 2.46. The number of nitrogens with zero attached hydrogens (tertiary/aromatic N) is 2. The van der Waals surface area contributed by atoms with Gasteiger partial charge in [-0.15, -0.1) is 0 Å². The van der Waals surface area contributed by atoms with Gasteiger partial charge in [-0.1, -0.05) is 31.5 Å². The van der Waals surface area contributed by atoms with Gasteiger partial charge >= 0.3 is 0 Å². The topological polar surface area (TPSA) is 73.8 Å². The van der Waals surface area contributed by atoms with Gasteiger partial charge < -0.3 is 5.32 Å². The number of aliphatic imine (C=N–C) groups is 1. The molecule has 122 valence electrons. The van der Waals surface area contributed by atoms with Crippen molar-refractivity contribution in [1.82, 2.24) is 14.9 Å². The molecule has 1 aromatic carbocycles. The molecule has 0 bridgehead atoms. The Morgan fingerprint density at radius 1 is 1.32 bits per heavy atom. The van der Waals surface area contributed by atoms with Crippen LogP contribution in [0.25, 0.3) is 0 Å². The fraction of sp³-hybridized carbons (Fsp3) is 0.533. The molecule has 2 N–H and O–H groups in total. The first-order valence-electron chi connectivity index (χ1n) is 7.47. The van der Waals surface area contributed by atoms with Crippen LogP contribution in [-0.4, -0.2) is 39.2 Å². The van der Waals surface area contributed by atoms with Crippen molar-refractivity contribution in [3.05, 3.63) is 29.8 Å². The summed E-state index contributed by atoms with van der Waals surface area (Å²) in [7, 11) is -3.58.